The third-order valence-corrected chi connectivity index (χ3v) is 60.8. The fourth-order valence-electron chi connectivity index (χ4n) is 8.14. The Labute approximate surface area is 236 Å². The standard InChI is InChI=1S/2C13H15.C7H7.C2H7Si.ClH.Zr/c2*1-9(2)12-6-4-5-11-7-10(3)8-13(11)12;1-7-5-3-2-4-6-7;1-3-2;;/h2*4-9H,1-3H3;2-6H,1H2;3H,1-2H3;1H;/q;;;;;+1/p-1. The monoisotopic (exact) mass is 617 g/mol. The molecule has 2 atom stereocenters. The zero-order valence-corrected chi connectivity index (χ0v) is 28.8. The molecule has 2 aliphatic rings. The van der Waals surface area contributed by atoms with Crippen LogP contribution >= 0.6 is 8.51 Å². The molecule has 0 bridgehead atoms. The van der Waals surface area contributed by atoms with Crippen LogP contribution in [0.15, 0.2) is 77.9 Å². The van der Waals surface area contributed by atoms with Crippen LogP contribution in [0.4, 0.5) is 0 Å². The molecule has 38 heavy (non-hydrogen) atoms. The predicted octanol–water partition coefficient (Wildman–Crippen LogP) is 10.6. The van der Waals surface area contributed by atoms with Crippen LogP contribution in [0, 0.1) is 0 Å². The summed E-state index contributed by atoms with van der Waals surface area (Å²) >= 11 is -4.35. The SMILES string of the molecule is CC1=Cc2c(C(C)C)cccc2[CH]1[Zr]([Cl])([CH2]c1ccccc1)([CH]1C(C)=Cc2c(C(C)C)cccc21)[SiH](C)C. The van der Waals surface area contributed by atoms with Gasteiger partial charge in [-0.1, -0.05) is 0 Å². The van der Waals surface area contributed by atoms with Crippen molar-refractivity contribution in [2.45, 2.75) is 77.9 Å². The Balaban J connectivity index is 1.86. The molecule has 3 aromatic rings. The molecule has 0 nitrogen and oxygen atoms in total. The second-order valence-electron chi connectivity index (χ2n) is 13.0. The van der Waals surface area contributed by atoms with Gasteiger partial charge in [-0.25, -0.2) is 0 Å². The molecule has 0 heterocycles. The molecule has 0 N–H and O–H groups in total. The minimum atomic E-state index is -4.35. The van der Waals surface area contributed by atoms with Gasteiger partial charge in [0.25, 0.3) is 0 Å². The number of hydrogen-bond donors (Lipinski definition) is 0. The second-order valence-corrected chi connectivity index (χ2v) is 51.0. The number of benzene rings is 3. The summed E-state index contributed by atoms with van der Waals surface area (Å²) in [4.78, 5) is 0. The molecule has 3 heteroatoms. The van der Waals surface area contributed by atoms with E-state index in [2.05, 4.69) is 134 Å². The first-order valence-electron chi connectivity index (χ1n) is 14.5. The first-order valence-corrected chi connectivity index (χ1v) is 29.4. The summed E-state index contributed by atoms with van der Waals surface area (Å²) < 4.78 is 1.79. The van der Waals surface area contributed by atoms with Gasteiger partial charge < -0.3 is 0 Å². The van der Waals surface area contributed by atoms with Crippen LogP contribution in [0.2, 0.25) is 13.1 Å². The Morgan fingerprint density at radius 2 is 1.13 bits per heavy atom. The van der Waals surface area contributed by atoms with E-state index in [0.717, 1.165) is 4.13 Å². The zero-order chi connectivity index (χ0) is 27.4. The third kappa shape index (κ3) is 4.17. The first-order chi connectivity index (χ1) is 18.0. The molecule has 2 aliphatic carbocycles. The van der Waals surface area contributed by atoms with Crippen LogP contribution in [0.1, 0.15) is 99.6 Å². The quantitative estimate of drug-likeness (QED) is 0.231. The van der Waals surface area contributed by atoms with E-state index in [1.807, 2.05) is 0 Å². The maximum atomic E-state index is 8.98. The normalized spacial score (nSPS) is 19.8. The molecule has 199 valence electrons. The first kappa shape index (κ1) is 28.1. The van der Waals surface area contributed by atoms with Gasteiger partial charge in [0, 0.05) is 0 Å². The Morgan fingerprint density at radius 3 is 1.53 bits per heavy atom. The Kier molecular flexibility index (Phi) is 7.52. The van der Waals surface area contributed by atoms with Gasteiger partial charge in [-0.3, -0.25) is 0 Å². The molecule has 0 spiro atoms. The molecular formula is C35H44ClSiZr. The molecule has 0 radical (unpaired) electrons. The Morgan fingerprint density at radius 1 is 0.684 bits per heavy atom. The summed E-state index contributed by atoms with van der Waals surface area (Å²) in [5, 5.41) is 0. The summed E-state index contributed by atoms with van der Waals surface area (Å²) in [5.74, 6) is -0.401. The van der Waals surface area contributed by atoms with E-state index in [9.17, 15) is 0 Å². The fourth-order valence-corrected chi connectivity index (χ4v) is 48.3. The molecule has 5 rings (SSSR count). The van der Waals surface area contributed by atoms with Crippen molar-refractivity contribution in [3.8, 4) is 0 Å². The van der Waals surface area contributed by atoms with E-state index < -0.39 is 22.7 Å². The number of rotatable bonds is 7. The molecule has 0 saturated carbocycles. The molecule has 0 amide bonds. The number of halogens is 1. The van der Waals surface area contributed by atoms with Gasteiger partial charge in [0.1, 0.15) is 0 Å². The van der Waals surface area contributed by atoms with Crippen molar-refractivity contribution in [1.29, 1.82) is 0 Å². The molecule has 0 saturated heterocycles. The number of fused-ring (bicyclic) bond motifs is 2. The van der Waals surface area contributed by atoms with Crippen molar-refractivity contribution < 1.29 is 16.7 Å². The zero-order valence-electron chi connectivity index (χ0n) is 24.5. The maximum absolute atomic E-state index is 8.98. The van der Waals surface area contributed by atoms with Crippen LogP contribution in [-0.2, 0) is 20.9 Å². The van der Waals surface area contributed by atoms with Crippen molar-refractivity contribution in [1.82, 2.24) is 0 Å². The van der Waals surface area contributed by atoms with Crippen LogP contribution < -0.4 is 0 Å². The van der Waals surface area contributed by atoms with Crippen molar-refractivity contribution in [2.75, 3.05) is 0 Å². The van der Waals surface area contributed by atoms with E-state index in [1.54, 1.807) is 0 Å². The van der Waals surface area contributed by atoms with Gasteiger partial charge >= 0.3 is 238 Å². The third-order valence-electron chi connectivity index (χ3n) is 9.87. The second kappa shape index (κ2) is 10.2. The van der Waals surface area contributed by atoms with Crippen LogP contribution in [0.3, 0.4) is 0 Å². The molecule has 2 unspecified atom stereocenters. The van der Waals surface area contributed by atoms with Gasteiger partial charge in [-0.15, -0.1) is 0 Å². The summed E-state index contributed by atoms with van der Waals surface area (Å²) in [6.45, 7) is 19.3. The topological polar surface area (TPSA) is 0 Å². The molecule has 0 aromatic heterocycles. The minimum absolute atomic E-state index is 0.362. The van der Waals surface area contributed by atoms with Crippen molar-refractivity contribution >= 4 is 26.6 Å². The van der Waals surface area contributed by atoms with Gasteiger partial charge in [0.05, 0.1) is 0 Å². The fraction of sp³-hybridized carbons (Fsp3) is 0.371. The van der Waals surface area contributed by atoms with Crippen LogP contribution in [0.5, 0.6) is 0 Å². The van der Waals surface area contributed by atoms with Gasteiger partial charge in [-0.05, 0) is 0 Å². The molecule has 0 fully saturated rings. The average molecular weight is 620 g/mol. The molecular weight excluding hydrogens is 575 g/mol. The predicted molar refractivity (Wildman–Crippen MR) is 169 cm³/mol. The van der Waals surface area contributed by atoms with E-state index in [1.165, 1.54) is 50.1 Å². The van der Waals surface area contributed by atoms with E-state index >= 15 is 0 Å². The number of hydrogen-bond acceptors (Lipinski definition) is 0. The van der Waals surface area contributed by atoms with E-state index in [0.29, 0.717) is 19.1 Å². The molecule has 3 aromatic carbocycles. The van der Waals surface area contributed by atoms with Crippen molar-refractivity contribution in [3.63, 3.8) is 0 Å². The van der Waals surface area contributed by atoms with E-state index in [-0.39, 0.29) is 0 Å². The van der Waals surface area contributed by atoms with Crippen LogP contribution in [0.25, 0.3) is 12.2 Å². The Hall–Kier alpha value is -1.47. The van der Waals surface area contributed by atoms with E-state index in [4.69, 9.17) is 8.51 Å². The summed E-state index contributed by atoms with van der Waals surface area (Å²) in [6.07, 6.45) is 5.04. The average Bonchev–Trinajstić information content (AvgIpc) is 3.40. The summed E-state index contributed by atoms with van der Waals surface area (Å²) in [6, 6.07) is 25.4. The van der Waals surface area contributed by atoms with Gasteiger partial charge in [0.15, 0.2) is 0 Å². The van der Waals surface area contributed by atoms with Crippen molar-refractivity contribution in [2.24, 2.45) is 0 Å². The molecule has 0 aliphatic heterocycles. The number of allylic oxidation sites excluding steroid dienone is 2. The van der Waals surface area contributed by atoms with Gasteiger partial charge in [0.2, 0.25) is 0 Å². The van der Waals surface area contributed by atoms with Gasteiger partial charge in [-0.2, -0.15) is 0 Å². The summed E-state index contributed by atoms with van der Waals surface area (Å²) in [7, 11) is 8.98. The van der Waals surface area contributed by atoms with Crippen molar-refractivity contribution in [3.05, 3.63) is 117 Å². The Bertz CT molecular complexity index is 1350. The summed E-state index contributed by atoms with van der Waals surface area (Å²) in [5.41, 5.74) is 13.3. The van der Waals surface area contributed by atoms with Crippen LogP contribution in [-0.4, -0.2) is 5.92 Å².